The first kappa shape index (κ1) is 35.7. The zero-order valence-corrected chi connectivity index (χ0v) is 26.6. The van der Waals surface area contributed by atoms with Crippen LogP contribution in [0, 0.1) is 0 Å². The average molecular weight is 681 g/mol. The Hall–Kier alpha value is -4.17. The normalized spacial score (nSPS) is 15.5. The van der Waals surface area contributed by atoms with Gasteiger partial charge >= 0.3 is 24.0 Å². The number of anilines is 1. The van der Waals surface area contributed by atoms with E-state index in [9.17, 15) is 35.9 Å². The zero-order valence-electron chi connectivity index (χ0n) is 25.6. The molecule has 0 bridgehead atoms. The molecule has 1 saturated heterocycles. The van der Waals surface area contributed by atoms with Gasteiger partial charge in [0.05, 0.1) is 29.5 Å². The van der Waals surface area contributed by atoms with Crippen molar-refractivity contribution >= 4 is 25.2 Å². The number of piperazine rings is 1. The second-order valence-electron chi connectivity index (χ2n) is 11.0. The van der Waals surface area contributed by atoms with Crippen molar-refractivity contribution in [2.45, 2.75) is 38.3 Å². The highest BCUT2D eigenvalue weighted by molar-refractivity contribution is 7.59. The van der Waals surface area contributed by atoms with Crippen LogP contribution in [0.25, 0.3) is 5.69 Å². The van der Waals surface area contributed by atoms with E-state index in [1.807, 2.05) is 42.5 Å². The van der Waals surface area contributed by atoms with Crippen LogP contribution in [-0.2, 0) is 21.9 Å². The molecule has 3 aromatic carbocycles. The maximum atomic E-state index is 13.4. The molecule has 252 valence electrons. The fourth-order valence-electron chi connectivity index (χ4n) is 5.68. The topological polar surface area (TPSA) is 59.7 Å². The molecule has 47 heavy (non-hydrogen) atoms. The van der Waals surface area contributed by atoms with Gasteiger partial charge in [-0.1, -0.05) is 30.3 Å². The third kappa shape index (κ3) is 7.87. The van der Waals surface area contributed by atoms with Crippen LogP contribution in [-0.4, -0.2) is 52.8 Å². The fraction of sp³-hybridized carbons (Fsp3) is 0.333. The predicted octanol–water partition coefficient (Wildman–Crippen LogP) is 6.83. The number of halogens is 6. The number of nitrogens with zero attached hydrogens (tertiary/aromatic N) is 4. The molecular weight excluding hydrogens is 646 g/mol. The summed E-state index contributed by atoms with van der Waals surface area (Å²) >= 11 is 0. The number of imidazole rings is 1. The lowest BCUT2D eigenvalue weighted by atomic mass is 10.0. The summed E-state index contributed by atoms with van der Waals surface area (Å²) in [6.45, 7) is 5.89. The van der Waals surface area contributed by atoms with E-state index in [4.69, 9.17) is 4.74 Å². The van der Waals surface area contributed by atoms with Crippen LogP contribution in [0.15, 0.2) is 90.0 Å². The molecule has 1 aliphatic heterocycles. The molecule has 1 aromatic heterocycles. The van der Waals surface area contributed by atoms with E-state index in [-0.39, 0.29) is 37.7 Å². The van der Waals surface area contributed by atoms with Crippen molar-refractivity contribution in [1.29, 1.82) is 0 Å². The Labute approximate surface area is 274 Å². The molecule has 14 heteroatoms. The standard InChI is InChI=1S/C33H32F6N4O3.H2S/c1-3-46-30(44)29(23-7-5-4-6-8-23)41-15-13-40(14-16-41)27-9-11-28(12-10-27)43-18-17-42(31(43)45)22(2)24-19-25(32(34,35)36)21-26(20-24)33(37,38)39;/h4-12,17-22,29H,3,13-16H2,1-2H3;1H2/t22-,29+;/m0./s1. The van der Waals surface area contributed by atoms with E-state index in [2.05, 4.69) is 9.80 Å². The lowest BCUT2D eigenvalue weighted by Gasteiger charge is -2.39. The number of rotatable bonds is 8. The molecule has 0 spiro atoms. The minimum Gasteiger partial charge on any atom is -0.465 e. The Morgan fingerprint density at radius 2 is 1.34 bits per heavy atom. The molecule has 1 fully saturated rings. The average Bonchev–Trinajstić information content (AvgIpc) is 3.42. The molecule has 0 saturated carbocycles. The highest BCUT2D eigenvalue weighted by Gasteiger charge is 2.37. The van der Waals surface area contributed by atoms with Crippen molar-refractivity contribution in [2.24, 2.45) is 0 Å². The minimum absolute atomic E-state index is 0. The highest BCUT2D eigenvalue weighted by atomic mass is 32.1. The van der Waals surface area contributed by atoms with Gasteiger partial charge in [-0.25, -0.2) is 9.59 Å². The summed E-state index contributed by atoms with van der Waals surface area (Å²) in [7, 11) is 0. The number of carbonyl (C=O) groups is 1. The molecule has 5 rings (SSSR count). The molecule has 7 nitrogen and oxygen atoms in total. The smallest absolute Gasteiger partial charge is 0.416 e. The van der Waals surface area contributed by atoms with Crippen molar-refractivity contribution in [3.05, 3.63) is 118 Å². The third-order valence-electron chi connectivity index (χ3n) is 8.11. The number of hydrogen-bond donors (Lipinski definition) is 0. The molecular formula is C33H34F6N4O3S. The Balaban J connectivity index is 0.00000500. The van der Waals surface area contributed by atoms with E-state index in [0.29, 0.717) is 44.0 Å². The third-order valence-corrected chi connectivity index (χ3v) is 8.11. The van der Waals surface area contributed by atoms with E-state index in [1.54, 1.807) is 19.1 Å². The number of aromatic nitrogens is 2. The molecule has 4 aromatic rings. The predicted molar refractivity (Wildman–Crippen MR) is 170 cm³/mol. The summed E-state index contributed by atoms with van der Waals surface area (Å²) in [6.07, 6.45) is -7.23. The first-order valence-corrected chi connectivity index (χ1v) is 14.7. The van der Waals surface area contributed by atoms with Crippen molar-refractivity contribution < 1.29 is 35.9 Å². The number of hydrogen-bond acceptors (Lipinski definition) is 5. The highest BCUT2D eigenvalue weighted by Crippen LogP contribution is 2.38. The molecule has 0 amide bonds. The van der Waals surface area contributed by atoms with Crippen LogP contribution in [0.1, 0.15) is 48.2 Å². The van der Waals surface area contributed by atoms with Gasteiger partial charge in [-0.2, -0.15) is 39.8 Å². The Morgan fingerprint density at radius 1 is 0.787 bits per heavy atom. The molecule has 1 aliphatic rings. The summed E-state index contributed by atoms with van der Waals surface area (Å²) in [5.41, 5.74) is -1.57. The number of alkyl halides is 6. The summed E-state index contributed by atoms with van der Waals surface area (Å²) in [4.78, 5) is 30.3. The van der Waals surface area contributed by atoms with Gasteiger partial charge in [0.15, 0.2) is 0 Å². The molecule has 0 aliphatic carbocycles. The van der Waals surface area contributed by atoms with Crippen molar-refractivity contribution in [3.63, 3.8) is 0 Å². The SMILES string of the molecule is CCOC(=O)[C@@H](c1ccccc1)N1CCN(c2ccc(-n3ccn([C@@H](C)c4cc(C(F)(F)F)cc(C(F)(F)F)c4)c3=O)cc2)CC1.S. The van der Waals surface area contributed by atoms with Crippen LogP contribution in [0.4, 0.5) is 32.0 Å². The molecule has 2 heterocycles. The maximum Gasteiger partial charge on any atom is 0.416 e. The van der Waals surface area contributed by atoms with Crippen LogP contribution in [0.2, 0.25) is 0 Å². The quantitative estimate of drug-likeness (QED) is 0.151. The summed E-state index contributed by atoms with van der Waals surface area (Å²) < 4.78 is 88.1. The van der Waals surface area contributed by atoms with E-state index in [0.717, 1.165) is 15.8 Å². The van der Waals surface area contributed by atoms with Gasteiger partial charge in [0, 0.05) is 44.3 Å². The van der Waals surface area contributed by atoms with Gasteiger partial charge in [-0.3, -0.25) is 14.0 Å². The molecule has 0 N–H and O–H groups in total. The minimum atomic E-state index is -4.99. The van der Waals surface area contributed by atoms with Crippen LogP contribution in [0.5, 0.6) is 0 Å². The van der Waals surface area contributed by atoms with Gasteiger partial charge in [0.2, 0.25) is 0 Å². The first-order chi connectivity index (χ1) is 21.8. The van der Waals surface area contributed by atoms with E-state index < -0.39 is 41.3 Å². The van der Waals surface area contributed by atoms with E-state index in [1.165, 1.54) is 23.9 Å². The van der Waals surface area contributed by atoms with Crippen molar-refractivity contribution in [2.75, 3.05) is 37.7 Å². The number of carbonyl (C=O) groups excluding carboxylic acids is 1. The van der Waals surface area contributed by atoms with Crippen molar-refractivity contribution in [3.8, 4) is 5.69 Å². The van der Waals surface area contributed by atoms with Gasteiger partial charge in [0.25, 0.3) is 0 Å². The van der Waals surface area contributed by atoms with Gasteiger partial charge < -0.3 is 9.64 Å². The number of benzene rings is 3. The zero-order chi connectivity index (χ0) is 33.2. The lowest BCUT2D eigenvalue weighted by Crippen LogP contribution is -2.49. The first-order valence-electron chi connectivity index (χ1n) is 14.7. The second-order valence-corrected chi connectivity index (χ2v) is 11.0. The molecule has 0 radical (unpaired) electrons. The van der Waals surface area contributed by atoms with Gasteiger partial charge in [-0.05, 0) is 67.4 Å². The van der Waals surface area contributed by atoms with Crippen LogP contribution in [0.3, 0.4) is 0 Å². The van der Waals surface area contributed by atoms with E-state index >= 15 is 0 Å². The van der Waals surface area contributed by atoms with Crippen LogP contribution >= 0.6 is 13.5 Å². The largest absolute Gasteiger partial charge is 0.465 e. The number of ether oxygens (including phenoxy) is 1. The van der Waals surface area contributed by atoms with Gasteiger partial charge in [0.1, 0.15) is 6.04 Å². The Morgan fingerprint density at radius 3 is 1.87 bits per heavy atom. The fourth-order valence-corrected chi connectivity index (χ4v) is 5.68. The maximum absolute atomic E-state index is 13.4. The second kappa shape index (κ2) is 14.3. The summed E-state index contributed by atoms with van der Waals surface area (Å²) in [5.74, 6) is -0.299. The summed E-state index contributed by atoms with van der Waals surface area (Å²) in [6, 6.07) is 16.3. The molecule has 0 unspecified atom stereocenters. The van der Waals surface area contributed by atoms with Crippen LogP contribution < -0.4 is 10.6 Å². The Kier molecular flexibility index (Phi) is 10.9. The Bertz CT molecular complexity index is 1680. The van der Waals surface area contributed by atoms with Gasteiger partial charge in [-0.15, -0.1) is 0 Å². The number of esters is 1. The van der Waals surface area contributed by atoms with Crippen molar-refractivity contribution in [1.82, 2.24) is 14.0 Å². The lowest BCUT2D eigenvalue weighted by molar-refractivity contribution is -0.150. The summed E-state index contributed by atoms with van der Waals surface area (Å²) in [5, 5.41) is 0. The monoisotopic (exact) mass is 680 g/mol. The molecule has 2 atom stereocenters.